The summed E-state index contributed by atoms with van der Waals surface area (Å²) < 4.78 is 4.38. The molecule has 8 heteroatoms. The van der Waals surface area contributed by atoms with E-state index in [9.17, 15) is 9.59 Å². The lowest BCUT2D eigenvalue weighted by molar-refractivity contribution is -0.119. The maximum absolute atomic E-state index is 11.8. The fourth-order valence-corrected chi connectivity index (χ4v) is 2.52. The van der Waals surface area contributed by atoms with Crippen molar-refractivity contribution in [1.82, 2.24) is 20.5 Å². The lowest BCUT2D eigenvalue weighted by Crippen LogP contribution is -2.35. The average Bonchev–Trinajstić information content (AvgIpc) is 3.03. The van der Waals surface area contributed by atoms with Crippen molar-refractivity contribution in [3.63, 3.8) is 0 Å². The summed E-state index contributed by atoms with van der Waals surface area (Å²) in [4.78, 5) is 27.1. The molecule has 23 heavy (non-hydrogen) atoms. The van der Waals surface area contributed by atoms with Crippen molar-refractivity contribution in [1.29, 1.82) is 0 Å². The van der Waals surface area contributed by atoms with Gasteiger partial charge in [-0.05, 0) is 18.9 Å². The van der Waals surface area contributed by atoms with E-state index in [-0.39, 0.29) is 0 Å². The molecule has 122 valence electrons. The van der Waals surface area contributed by atoms with Crippen LogP contribution in [0.3, 0.4) is 0 Å². The number of nitrogens with one attached hydrogen (secondary N) is 2. The Kier molecular flexibility index (Phi) is 5.75. The molecule has 2 N–H and O–H groups in total. The summed E-state index contributed by atoms with van der Waals surface area (Å²) >= 11 is 1.15. The van der Waals surface area contributed by atoms with Crippen LogP contribution in [0.1, 0.15) is 19.4 Å². The van der Waals surface area contributed by atoms with Crippen LogP contribution >= 0.6 is 11.8 Å². The topological polar surface area (TPSA) is 97.0 Å². The van der Waals surface area contributed by atoms with E-state index in [1.54, 1.807) is 6.92 Å². The van der Waals surface area contributed by atoms with E-state index in [4.69, 9.17) is 0 Å². The van der Waals surface area contributed by atoms with Gasteiger partial charge in [-0.2, -0.15) is 0 Å². The summed E-state index contributed by atoms with van der Waals surface area (Å²) in [6, 6.07) is 8.02. The number of ether oxygens (including phenoxy) is 1. The molecule has 0 aliphatic heterocycles. The molecule has 0 fully saturated rings. The Morgan fingerprint density at radius 2 is 2.04 bits per heavy atom. The number of carbonyl (C=O) groups excluding carboxylic acids is 2. The third-order valence-electron chi connectivity index (χ3n) is 3.16. The van der Waals surface area contributed by atoms with Crippen molar-refractivity contribution in [2.75, 3.05) is 7.11 Å². The fraction of sp³-hybridized carbons (Fsp3) is 0.333. The Morgan fingerprint density at radius 1 is 1.35 bits per heavy atom. The van der Waals surface area contributed by atoms with Gasteiger partial charge in [0.25, 0.3) is 0 Å². The highest BCUT2D eigenvalue weighted by Gasteiger charge is 2.19. The molecule has 2 aromatic rings. The zero-order valence-corrected chi connectivity index (χ0v) is 13.9. The van der Waals surface area contributed by atoms with Gasteiger partial charge in [0.05, 0.1) is 12.4 Å². The monoisotopic (exact) mass is 334 g/mol. The lowest BCUT2D eigenvalue weighted by Gasteiger charge is -2.07. The highest BCUT2D eigenvalue weighted by atomic mass is 32.2. The molecule has 1 aromatic heterocycles. The third-order valence-corrected chi connectivity index (χ3v) is 4.12. The molecule has 0 bridgehead atoms. The van der Waals surface area contributed by atoms with Crippen LogP contribution in [0.5, 0.6) is 0 Å². The van der Waals surface area contributed by atoms with E-state index in [0.29, 0.717) is 11.0 Å². The number of hydrogen-bond donors (Lipinski definition) is 2. The molecule has 1 atom stereocenters. The Balaban J connectivity index is 2.01. The molecule has 0 aliphatic rings. The van der Waals surface area contributed by atoms with Crippen molar-refractivity contribution in [3.8, 4) is 11.4 Å². The van der Waals surface area contributed by atoms with Gasteiger partial charge in [0, 0.05) is 5.56 Å². The number of H-pyrrole nitrogens is 1. The number of nitrogens with zero attached hydrogens (tertiary/aromatic N) is 2. The van der Waals surface area contributed by atoms with Crippen molar-refractivity contribution >= 4 is 23.8 Å². The van der Waals surface area contributed by atoms with E-state index in [2.05, 4.69) is 32.2 Å². The summed E-state index contributed by atoms with van der Waals surface area (Å²) in [6.45, 7) is 3.76. The number of thioether (sulfide) groups is 1. The zero-order chi connectivity index (χ0) is 16.8. The molecule has 1 heterocycles. The van der Waals surface area contributed by atoms with Crippen LogP contribution in [0, 0.1) is 0 Å². The van der Waals surface area contributed by atoms with Crippen LogP contribution in [-0.2, 0) is 16.0 Å². The molecule has 7 nitrogen and oxygen atoms in total. The quantitative estimate of drug-likeness (QED) is 0.815. The van der Waals surface area contributed by atoms with Gasteiger partial charge in [-0.3, -0.25) is 15.2 Å². The van der Waals surface area contributed by atoms with Crippen molar-refractivity contribution in [2.24, 2.45) is 0 Å². The van der Waals surface area contributed by atoms with Crippen LogP contribution in [0.25, 0.3) is 11.4 Å². The van der Waals surface area contributed by atoms with E-state index >= 15 is 0 Å². The first-order chi connectivity index (χ1) is 11.0. The largest absolute Gasteiger partial charge is 0.453 e. The minimum atomic E-state index is -0.783. The van der Waals surface area contributed by atoms with Crippen LogP contribution in [-0.4, -0.2) is 39.5 Å². The Hall–Kier alpha value is -2.35. The normalized spacial score (nSPS) is 11.8. The average molecular weight is 334 g/mol. The second kappa shape index (κ2) is 7.77. The SMILES string of the molecule is CCc1ccc(-c2nc(S[C@H](C)C(=O)NC(=O)OC)n[nH]2)cc1. The molecule has 2 amide bonds. The summed E-state index contributed by atoms with van der Waals surface area (Å²) in [7, 11) is 1.20. The van der Waals surface area contributed by atoms with Crippen LogP contribution in [0.2, 0.25) is 0 Å². The highest BCUT2D eigenvalue weighted by Crippen LogP contribution is 2.23. The fourth-order valence-electron chi connectivity index (χ4n) is 1.79. The van der Waals surface area contributed by atoms with Gasteiger partial charge in [0.1, 0.15) is 0 Å². The summed E-state index contributed by atoms with van der Waals surface area (Å²) in [5.74, 6) is 0.177. The number of aromatic nitrogens is 3. The number of aryl methyl sites for hydroxylation is 1. The Morgan fingerprint density at radius 3 is 2.65 bits per heavy atom. The maximum Gasteiger partial charge on any atom is 0.413 e. The smallest absolute Gasteiger partial charge is 0.413 e. The first-order valence-corrected chi connectivity index (χ1v) is 7.98. The van der Waals surface area contributed by atoms with Gasteiger partial charge in [-0.1, -0.05) is 43.0 Å². The summed E-state index contributed by atoms with van der Waals surface area (Å²) in [5.41, 5.74) is 2.17. The van der Waals surface area contributed by atoms with Gasteiger partial charge in [0.2, 0.25) is 11.1 Å². The predicted molar refractivity (Wildman–Crippen MR) is 87.1 cm³/mol. The molecule has 0 unspecified atom stereocenters. The summed E-state index contributed by atoms with van der Waals surface area (Å²) in [6.07, 6.45) is 0.194. The van der Waals surface area contributed by atoms with E-state index < -0.39 is 17.3 Å². The van der Waals surface area contributed by atoms with Gasteiger partial charge >= 0.3 is 6.09 Å². The third kappa shape index (κ3) is 4.56. The van der Waals surface area contributed by atoms with Gasteiger partial charge in [0.15, 0.2) is 5.82 Å². The number of methoxy groups -OCH3 is 1. The number of amides is 2. The Labute approximate surface area is 138 Å². The second-order valence-corrected chi connectivity index (χ2v) is 6.07. The maximum atomic E-state index is 11.8. The van der Waals surface area contributed by atoms with Gasteiger partial charge < -0.3 is 4.74 Å². The number of carbonyl (C=O) groups is 2. The molecule has 0 aliphatic carbocycles. The van der Waals surface area contributed by atoms with Gasteiger partial charge in [-0.15, -0.1) is 5.10 Å². The first-order valence-electron chi connectivity index (χ1n) is 7.10. The number of hydrogen-bond acceptors (Lipinski definition) is 6. The molecule has 0 radical (unpaired) electrons. The Bertz CT molecular complexity index is 684. The van der Waals surface area contributed by atoms with Crippen LogP contribution in [0.4, 0.5) is 4.79 Å². The number of rotatable bonds is 5. The number of imide groups is 1. The van der Waals surface area contributed by atoms with Crippen LogP contribution < -0.4 is 5.32 Å². The molecule has 0 saturated carbocycles. The highest BCUT2D eigenvalue weighted by molar-refractivity contribution is 8.00. The van der Waals surface area contributed by atoms with Crippen LogP contribution in [0.15, 0.2) is 29.4 Å². The number of benzene rings is 1. The zero-order valence-electron chi connectivity index (χ0n) is 13.1. The molecule has 2 rings (SSSR count). The van der Waals surface area contributed by atoms with Crippen molar-refractivity contribution in [2.45, 2.75) is 30.7 Å². The number of alkyl carbamates (subject to hydrolysis) is 1. The molecule has 0 saturated heterocycles. The van der Waals surface area contributed by atoms with Gasteiger partial charge in [-0.25, -0.2) is 9.78 Å². The molecule has 0 spiro atoms. The van der Waals surface area contributed by atoms with Crippen molar-refractivity contribution < 1.29 is 14.3 Å². The number of aromatic amines is 1. The molecular formula is C15H18N4O3S. The molecule has 1 aromatic carbocycles. The minimum Gasteiger partial charge on any atom is -0.453 e. The minimum absolute atomic E-state index is 0.437. The molecular weight excluding hydrogens is 316 g/mol. The second-order valence-electron chi connectivity index (χ2n) is 4.76. The predicted octanol–water partition coefficient (Wildman–Crippen LogP) is 2.40. The lowest BCUT2D eigenvalue weighted by atomic mass is 10.1. The summed E-state index contributed by atoms with van der Waals surface area (Å²) in [5, 5.41) is 8.96. The van der Waals surface area contributed by atoms with E-state index in [0.717, 1.165) is 23.7 Å². The van der Waals surface area contributed by atoms with Crippen molar-refractivity contribution in [3.05, 3.63) is 29.8 Å². The van der Waals surface area contributed by atoms with E-state index in [1.807, 2.05) is 24.3 Å². The first kappa shape index (κ1) is 17.0. The van der Waals surface area contributed by atoms with E-state index in [1.165, 1.54) is 12.7 Å². The standard InChI is InChI=1S/C15H18N4O3S/c1-4-10-5-7-11(8-6-10)12-16-14(19-18-12)23-9(2)13(20)17-15(21)22-3/h5-9H,4H2,1-3H3,(H,16,18,19)(H,17,20,21)/t9-/m1/s1.